The Balaban J connectivity index is 1.36. The highest BCUT2D eigenvalue weighted by atomic mass is 32.1. The van der Waals surface area contributed by atoms with Crippen LogP contribution in [0.25, 0.3) is 6.08 Å². The Bertz CT molecular complexity index is 1190. The second-order valence-corrected chi connectivity index (χ2v) is 8.33. The van der Waals surface area contributed by atoms with Crippen molar-refractivity contribution in [1.29, 1.82) is 5.26 Å². The lowest BCUT2D eigenvalue weighted by atomic mass is 9.94. The highest BCUT2D eigenvalue weighted by Gasteiger charge is 2.28. The summed E-state index contributed by atoms with van der Waals surface area (Å²) in [6, 6.07) is 7.49. The number of hydrogen-bond donors (Lipinski definition) is 2. The molecule has 3 heterocycles. The number of carbonyl (C=O) groups is 2. The number of alkyl carbamates (subject to hydrolysis) is 1. The summed E-state index contributed by atoms with van der Waals surface area (Å²) in [4.78, 5) is 25.4. The number of nitriles is 1. The van der Waals surface area contributed by atoms with Gasteiger partial charge in [-0.2, -0.15) is 10.4 Å². The SMILES string of the molecule is Cn1nccc1CNC(=O)OC1CCc2c(sc(NC(=O)/C=C/c3ccco3)c2C#N)C1. The molecule has 164 valence electrons. The summed E-state index contributed by atoms with van der Waals surface area (Å²) < 4.78 is 12.4. The predicted molar refractivity (Wildman–Crippen MR) is 118 cm³/mol. The molecule has 3 aromatic heterocycles. The number of hydrogen-bond acceptors (Lipinski definition) is 7. The molecule has 0 radical (unpaired) electrons. The number of aryl methyl sites for hydroxylation is 1. The first-order valence-corrected chi connectivity index (χ1v) is 10.8. The summed E-state index contributed by atoms with van der Waals surface area (Å²) in [5.74, 6) is 0.214. The summed E-state index contributed by atoms with van der Waals surface area (Å²) in [5, 5.41) is 19.7. The third kappa shape index (κ3) is 4.90. The predicted octanol–water partition coefficient (Wildman–Crippen LogP) is 3.38. The van der Waals surface area contributed by atoms with Gasteiger partial charge in [0.2, 0.25) is 5.91 Å². The fraction of sp³-hybridized carbons (Fsp3) is 0.273. The van der Waals surface area contributed by atoms with Gasteiger partial charge < -0.3 is 19.8 Å². The first-order chi connectivity index (χ1) is 15.5. The average molecular weight is 452 g/mol. The van der Waals surface area contributed by atoms with E-state index in [2.05, 4.69) is 21.8 Å². The van der Waals surface area contributed by atoms with Gasteiger partial charge in [-0.05, 0) is 42.7 Å². The van der Waals surface area contributed by atoms with Crippen LogP contribution in [0.4, 0.5) is 9.80 Å². The lowest BCUT2D eigenvalue weighted by molar-refractivity contribution is -0.111. The van der Waals surface area contributed by atoms with Crippen LogP contribution in [-0.4, -0.2) is 27.9 Å². The van der Waals surface area contributed by atoms with Gasteiger partial charge in [-0.1, -0.05) is 0 Å². The minimum Gasteiger partial charge on any atom is -0.465 e. The van der Waals surface area contributed by atoms with E-state index in [1.807, 2.05) is 6.07 Å². The maximum absolute atomic E-state index is 12.3. The average Bonchev–Trinajstić information content (AvgIpc) is 3.50. The number of rotatable bonds is 6. The molecule has 4 rings (SSSR count). The topological polar surface area (TPSA) is 122 Å². The lowest BCUT2D eigenvalue weighted by Crippen LogP contribution is -2.32. The minimum absolute atomic E-state index is 0.290. The van der Waals surface area contributed by atoms with E-state index in [1.165, 1.54) is 23.7 Å². The molecule has 32 heavy (non-hydrogen) atoms. The van der Waals surface area contributed by atoms with Crippen molar-refractivity contribution < 1.29 is 18.7 Å². The van der Waals surface area contributed by atoms with E-state index in [-0.39, 0.29) is 12.0 Å². The number of furan rings is 1. The third-order valence-electron chi connectivity index (χ3n) is 5.12. The van der Waals surface area contributed by atoms with Gasteiger partial charge in [-0.3, -0.25) is 9.48 Å². The number of carbonyl (C=O) groups excluding carboxylic acids is 2. The number of aromatic nitrogens is 2. The number of anilines is 1. The molecule has 9 nitrogen and oxygen atoms in total. The van der Waals surface area contributed by atoms with E-state index in [0.717, 1.165) is 16.1 Å². The van der Waals surface area contributed by atoms with E-state index < -0.39 is 6.09 Å². The third-order valence-corrected chi connectivity index (χ3v) is 6.29. The lowest BCUT2D eigenvalue weighted by Gasteiger charge is -2.22. The molecular weight excluding hydrogens is 430 g/mol. The Hall–Kier alpha value is -3.84. The summed E-state index contributed by atoms with van der Waals surface area (Å²) in [6.45, 7) is 0.326. The standard InChI is InChI=1S/C22H21N5O4S/c1-27-14(8-9-25-27)13-24-22(29)31-16-4-6-17-18(12-23)21(32-19(17)11-16)26-20(28)7-5-15-3-2-10-30-15/h2-3,5,7-10,16H,4,6,11,13H2,1H3,(H,24,29)(H,26,28)/b7-5+. The summed E-state index contributed by atoms with van der Waals surface area (Å²) in [7, 11) is 1.80. The van der Waals surface area contributed by atoms with Crippen LogP contribution in [0.5, 0.6) is 0 Å². The quantitative estimate of drug-likeness (QED) is 0.554. The van der Waals surface area contributed by atoms with Gasteiger partial charge in [0.1, 0.15) is 22.9 Å². The second kappa shape index (κ2) is 9.53. The normalized spacial score (nSPS) is 15.2. The zero-order chi connectivity index (χ0) is 22.5. The van der Waals surface area contributed by atoms with E-state index in [4.69, 9.17) is 9.15 Å². The Morgan fingerprint density at radius 2 is 2.34 bits per heavy atom. The Labute approximate surface area is 188 Å². The Morgan fingerprint density at radius 1 is 1.47 bits per heavy atom. The first-order valence-electron chi connectivity index (χ1n) is 10.0. The van der Waals surface area contributed by atoms with Crippen molar-refractivity contribution in [3.8, 4) is 6.07 Å². The number of fused-ring (bicyclic) bond motifs is 1. The van der Waals surface area contributed by atoms with Crippen molar-refractivity contribution >= 4 is 34.4 Å². The molecule has 1 aliphatic rings. The van der Waals surface area contributed by atoms with Gasteiger partial charge in [0, 0.05) is 30.6 Å². The molecule has 1 atom stereocenters. The van der Waals surface area contributed by atoms with E-state index in [0.29, 0.717) is 42.1 Å². The van der Waals surface area contributed by atoms with Crippen LogP contribution < -0.4 is 10.6 Å². The molecule has 1 unspecified atom stereocenters. The van der Waals surface area contributed by atoms with Gasteiger partial charge in [0.25, 0.3) is 0 Å². The van der Waals surface area contributed by atoms with Crippen molar-refractivity contribution in [3.05, 3.63) is 64.2 Å². The van der Waals surface area contributed by atoms with Crippen molar-refractivity contribution in [2.75, 3.05) is 5.32 Å². The van der Waals surface area contributed by atoms with Crippen LogP contribution in [-0.2, 0) is 36.0 Å². The van der Waals surface area contributed by atoms with Gasteiger partial charge in [-0.25, -0.2) is 4.79 Å². The number of nitrogens with one attached hydrogen (secondary N) is 2. The summed E-state index contributed by atoms with van der Waals surface area (Å²) >= 11 is 1.35. The summed E-state index contributed by atoms with van der Waals surface area (Å²) in [6.07, 6.45) is 7.05. The molecule has 0 aliphatic heterocycles. The number of thiophene rings is 1. The zero-order valence-corrected chi connectivity index (χ0v) is 18.1. The van der Waals surface area contributed by atoms with Crippen molar-refractivity contribution in [2.45, 2.75) is 31.9 Å². The highest BCUT2D eigenvalue weighted by Crippen LogP contribution is 2.38. The van der Waals surface area contributed by atoms with Gasteiger partial charge in [-0.15, -0.1) is 11.3 Å². The molecule has 0 spiro atoms. The molecule has 0 fully saturated rings. The Morgan fingerprint density at radius 3 is 3.06 bits per heavy atom. The molecule has 10 heteroatoms. The largest absolute Gasteiger partial charge is 0.465 e. The molecule has 0 bridgehead atoms. The van der Waals surface area contributed by atoms with Crippen molar-refractivity contribution in [3.63, 3.8) is 0 Å². The van der Waals surface area contributed by atoms with Crippen LogP contribution >= 0.6 is 11.3 Å². The smallest absolute Gasteiger partial charge is 0.407 e. The molecule has 2 amide bonds. The van der Waals surface area contributed by atoms with Crippen LogP contribution in [0.1, 0.15) is 33.9 Å². The van der Waals surface area contributed by atoms with Crippen LogP contribution in [0.3, 0.4) is 0 Å². The van der Waals surface area contributed by atoms with Gasteiger partial charge in [0.15, 0.2) is 0 Å². The molecule has 0 saturated carbocycles. The zero-order valence-electron chi connectivity index (χ0n) is 17.3. The molecule has 3 aromatic rings. The molecule has 0 aromatic carbocycles. The second-order valence-electron chi connectivity index (χ2n) is 7.23. The maximum Gasteiger partial charge on any atom is 0.407 e. The minimum atomic E-state index is -0.492. The van der Waals surface area contributed by atoms with Crippen LogP contribution in [0.2, 0.25) is 0 Å². The monoisotopic (exact) mass is 451 g/mol. The van der Waals surface area contributed by atoms with Gasteiger partial charge >= 0.3 is 6.09 Å². The number of nitrogens with zero attached hydrogens (tertiary/aromatic N) is 3. The molecule has 0 saturated heterocycles. The maximum atomic E-state index is 12.3. The van der Waals surface area contributed by atoms with Crippen molar-refractivity contribution in [2.24, 2.45) is 7.05 Å². The fourth-order valence-corrected chi connectivity index (χ4v) is 4.76. The van der Waals surface area contributed by atoms with Gasteiger partial charge in [0.05, 0.1) is 24.1 Å². The number of amides is 2. The van der Waals surface area contributed by atoms with Crippen LogP contribution in [0, 0.1) is 11.3 Å². The van der Waals surface area contributed by atoms with E-state index >= 15 is 0 Å². The highest BCUT2D eigenvalue weighted by molar-refractivity contribution is 7.16. The first kappa shape index (κ1) is 21.4. The molecule has 2 N–H and O–H groups in total. The fourth-order valence-electron chi connectivity index (χ4n) is 3.49. The van der Waals surface area contributed by atoms with Crippen LogP contribution in [0.15, 0.2) is 41.2 Å². The van der Waals surface area contributed by atoms with E-state index in [9.17, 15) is 14.9 Å². The molecular formula is C22H21N5O4S. The van der Waals surface area contributed by atoms with E-state index in [1.54, 1.807) is 36.1 Å². The summed E-state index contributed by atoms with van der Waals surface area (Å²) in [5.41, 5.74) is 2.26. The Kier molecular flexibility index (Phi) is 6.37. The van der Waals surface area contributed by atoms with Crippen molar-refractivity contribution in [1.82, 2.24) is 15.1 Å². The molecule has 1 aliphatic carbocycles. The number of ether oxygens (including phenoxy) is 1.